The number of hydrogen-bond acceptors (Lipinski definition) is 5. The van der Waals surface area contributed by atoms with Crippen molar-refractivity contribution >= 4 is 15.9 Å². The summed E-state index contributed by atoms with van der Waals surface area (Å²) >= 11 is 0. The highest BCUT2D eigenvalue weighted by atomic mass is 32.2. The molecule has 1 unspecified atom stereocenters. The van der Waals surface area contributed by atoms with Crippen molar-refractivity contribution in [1.82, 2.24) is 19.4 Å². The molecule has 2 aromatic rings. The van der Waals surface area contributed by atoms with Gasteiger partial charge in [0.05, 0.1) is 10.9 Å². The van der Waals surface area contributed by atoms with E-state index in [9.17, 15) is 13.2 Å². The van der Waals surface area contributed by atoms with Crippen LogP contribution in [0.1, 0.15) is 24.4 Å². The molecule has 2 heterocycles. The average Bonchev–Trinajstić information content (AvgIpc) is 2.86. The minimum Gasteiger partial charge on any atom is -0.348 e. The second-order valence-corrected chi connectivity index (χ2v) is 11.0. The summed E-state index contributed by atoms with van der Waals surface area (Å²) in [4.78, 5) is 18.2. The van der Waals surface area contributed by atoms with Crippen LogP contribution < -0.4 is 5.32 Å². The van der Waals surface area contributed by atoms with Crippen LogP contribution in [0.4, 0.5) is 0 Å². The molecule has 1 atom stereocenters. The number of rotatable bonds is 7. The Kier molecular flexibility index (Phi) is 7.80. The molecule has 2 fully saturated rings. The Bertz CT molecular complexity index is 1000. The largest absolute Gasteiger partial charge is 0.348 e. The Morgan fingerprint density at radius 3 is 2.09 bits per heavy atom. The van der Waals surface area contributed by atoms with Crippen LogP contribution in [0.15, 0.2) is 65.6 Å². The third-order valence-corrected chi connectivity index (χ3v) is 8.67. The van der Waals surface area contributed by atoms with E-state index in [4.69, 9.17) is 0 Å². The molecule has 8 heteroatoms. The molecule has 2 saturated heterocycles. The van der Waals surface area contributed by atoms with Crippen molar-refractivity contribution in [2.24, 2.45) is 5.92 Å². The lowest BCUT2D eigenvalue weighted by Gasteiger charge is -2.36. The molecule has 0 aromatic heterocycles. The molecule has 0 spiro atoms. The molecule has 33 heavy (non-hydrogen) atoms. The van der Waals surface area contributed by atoms with E-state index in [1.807, 2.05) is 18.2 Å². The molecule has 0 aliphatic carbocycles. The van der Waals surface area contributed by atoms with E-state index >= 15 is 0 Å². The van der Waals surface area contributed by atoms with E-state index in [1.54, 1.807) is 30.3 Å². The third-order valence-electron chi connectivity index (χ3n) is 6.76. The molecule has 1 amide bonds. The molecule has 2 aliphatic rings. The standard InChI is InChI=1S/C25H34N4O3S/c1-27-16-18-28(19-17-27)20-24(21-8-4-2-5-9-21)26-25(30)22-12-14-29(15-13-22)33(31,32)23-10-6-3-7-11-23/h2-11,22,24H,12-20H2,1H3,(H,26,30). The van der Waals surface area contributed by atoms with Crippen LogP contribution in [0, 0.1) is 5.92 Å². The van der Waals surface area contributed by atoms with Gasteiger partial charge in [0.1, 0.15) is 0 Å². The number of carbonyl (C=O) groups excluding carboxylic acids is 1. The second kappa shape index (κ2) is 10.8. The van der Waals surface area contributed by atoms with E-state index < -0.39 is 10.0 Å². The maximum Gasteiger partial charge on any atom is 0.243 e. The first kappa shape index (κ1) is 23.9. The average molecular weight is 471 g/mol. The predicted molar refractivity (Wildman–Crippen MR) is 129 cm³/mol. The van der Waals surface area contributed by atoms with Gasteiger partial charge in [-0.25, -0.2) is 8.42 Å². The number of piperidine rings is 1. The SMILES string of the molecule is CN1CCN(CC(NC(=O)C2CCN(S(=O)(=O)c3ccccc3)CC2)c2ccccc2)CC1. The highest BCUT2D eigenvalue weighted by Gasteiger charge is 2.33. The molecule has 1 N–H and O–H groups in total. The van der Waals surface area contributed by atoms with Gasteiger partial charge < -0.3 is 10.2 Å². The molecule has 7 nitrogen and oxygen atoms in total. The Hall–Kier alpha value is -2.26. The molecule has 2 aliphatic heterocycles. The Morgan fingerprint density at radius 1 is 0.909 bits per heavy atom. The fourth-order valence-corrected chi connectivity index (χ4v) is 6.09. The molecule has 2 aromatic carbocycles. The van der Waals surface area contributed by atoms with E-state index in [1.165, 1.54) is 4.31 Å². The van der Waals surface area contributed by atoms with Gasteiger partial charge in [-0.3, -0.25) is 9.69 Å². The first-order valence-electron chi connectivity index (χ1n) is 11.7. The minimum absolute atomic E-state index is 0.0229. The maximum absolute atomic E-state index is 13.2. The van der Waals surface area contributed by atoms with Crippen molar-refractivity contribution in [2.45, 2.75) is 23.8 Å². The zero-order chi connectivity index (χ0) is 23.3. The lowest BCUT2D eigenvalue weighted by molar-refractivity contribution is -0.127. The number of benzene rings is 2. The normalized spacial score (nSPS) is 20.4. The summed E-state index contributed by atoms with van der Waals surface area (Å²) in [5.41, 5.74) is 1.11. The highest BCUT2D eigenvalue weighted by Crippen LogP contribution is 2.25. The summed E-state index contributed by atoms with van der Waals surface area (Å²) in [7, 11) is -1.37. The predicted octanol–water partition coefficient (Wildman–Crippen LogP) is 2.19. The fraction of sp³-hybridized carbons (Fsp3) is 0.480. The fourth-order valence-electron chi connectivity index (χ4n) is 4.60. The lowest BCUT2D eigenvalue weighted by atomic mass is 9.96. The quantitative estimate of drug-likeness (QED) is 0.672. The summed E-state index contributed by atoms with van der Waals surface area (Å²) in [5, 5.41) is 3.28. The number of hydrogen-bond donors (Lipinski definition) is 1. The number of sulfonamides is 1. The van der Waals surface area contributed by atoms with Gasteiger partial charge in [0.15, 0.2) is 0 Å². The molecular weight excluding hydrogens is 436 g/mol. The molecular formula is C25H34N4O3S. The summed E-state index contributed by atoms with van der Waals surface area (Å²) in [6, 6.07) is 18.6. The van der Waals surface area contributed by atoms with Crippen LogP contribution >= 0.6 is 0 Å². The van der Waals surface area contributed by atoms with Gasteiger partial charge in [-0.05, 0) is 37.6 Å². The van der Waals surface area contributed by atoms with Gasteiger partial charge in [0.25, 0.3) is 0 Å². The summed E-state index contributed by atoms with van der Waals surface area (Å²) < 4.78 is 27.3. The molecule has 0 saturated carbocycles. The summed E-state index contributed by atoms with van der Waals surface area (Å²) in [5.74, 6) is -0.152. The first-order valence-corrected chi connectivity index (χ1v) is 13.2. The van der Waals surface area contributed by atoms with E-state index in [0.29, 0.717) is 30.8 Å². The van der Waals surface area contributed by atoms with Crippen molar-refractivity contribution in [1.29, 1.82) is 0 Å². The Labute approximate surface area is 197 Å². The number of piperazine rings is 1. The van der Waals surface area contributed by atoms with Crippen molar-refractivity contribution in [3.8, 4) is 0 Å². The van der Waals surface area contributed by atoms with Crippen LogP contribution in [0.25, 0.3) is 0 Å². The van der Waals surface area contributed by atoms with E-state index in [2.05, 4.69) is 34.3 Å². The van der Waals surface area contributed by atoms with Crippen LogP contribution in [0.5, 0.6) is 0 Å². The molecule has 0 radical (unpaired) electrons. The monoisotopic (exact) mass is 470 g/mol. The van der Waals surface area contributed by atoms with Crippen molar-refractivity contribution in [3.63, 3.8) is 0 Å². The van der Waals surface area contributed by atoms with Gasteiger partial charge in [0, 0.05) is 51.7 Å². The van der Waals surface area contributed by atoms with Crippen molar-refractivity contribution in [3.05, 3.63) is 66.2 Å². The number of amides is 1. The number of carbonyl (C=O) groups is 1. The maximum atomic E-state index is 13.2. The first-order chi connectivity index (χ1) is 15.9. The smallest absolute Gasteiger partial charge is 0.243 e. The lowest BCUT2D eigenvalue weighted by Crippen LogP contribution is -2.49. The van der Waals surface area contributed by atoms with Gasteiger partial charge in [-0.15, -0.1) is 0 Å². The summed E-state index contributed by atoms with van der Waals surface area (Å²) in [6.07, 6.45) is 1.07. The van der Waals surface area contributed by atoms with Crippen LogP contribution in [-0.4, -0.2) is 81.3 Å². The number of nitrogens with one attached hydrogen (secondary N) is 1. The van der Waals surface area contributed by atoms with Gasteiger partial charge >= 0.3 is 0 Å². The van der Waals surface area contributed by atoms with E-state index in [-0.39, 0.29) is 17.9 Å². The van der Waals surface area contributed by atoms with Gasteiger partial charge in [0.2, 0.25) is 15.9 Å². The topological polar surface area (TPSA) is 73.0 Å². The Balaban J connectivity index is 1.37. The second-order valence-electron chi connectivity index (χ2n) is 9.07. The molecule has 4 rings (SSSR count). The van der Waals surface area contributed by atoms with Crippen molar-refractivity contribution < 1.29 is 13.2 Å². The Morgan fingerprint density at radius 2 is 1.48 bits per heavy atom. The third kappa shape index (κ3) is 6.00. The van der Waals surface area contributed by atoms with Crippen LogP contribution in [0.2, 0.25) is 0 Å². The number of likely N-dealkylation sites (N-methyl/N-ethyl adjacent to an activating group) is 1. The molecule has 178 valence electrons. The van der Waals surface area contributed by atoms with Crippen LogP contribution in [-0.2, 0) is 14.8 Å². The van der Waals surface area contributed by atoms with Gasteiger partial charge in [-0.2, -0.15) is 4.31 Å². The molecule has 0 bridgehead atoms. The highest BCUT2D eigenvalue weighted by molar-refractivity contribution is 7.89. The summed E-state index contributed by atoms with van der Waals surface area (Å²) in [6.45, 7) is 5.56. The zero-order valence-electron chi connectivity index (χ0n) is 19.3. The minimum atomic E-state index is -3.51. The van der Waals surface area contributed by atoms with Crippen LogP contribution in [0.3, 0.4) is 0 Å². The van der Waals surface area contributed by atoms with Gasteiger partial charge in [-0.1, -0.05) is 48.5 Å². The van der Waals surface area contributed by atoms with E-state index in [0.717, 1.165) is 38.3 Å². The zero-order valence-corrected chi connectivity index (χ0v) is 20.1. The van der Waals surface area contributed by atoms with Crippen molar-refractivity contribution in [2.75, 3.05) is 52.9 Å². The number of nitrogens with zero attached hydrogens (tertiary/aromatic N) is 3.